The molecule has 16 heavy (non-hydrogen) atoms. The maximum absolute atomic E-state index is 10.0. The molecule has 0 aliphatic heterocycles. The smallest absolute Gasteiger partial charge is 0.233 e. The van der Waals surface area contributed by atoms with Crippen LogP contribution in [0.25, 0.3) is 0 Å². The Balaban J connectivity index is 2.27. The number of halogens is 1. The van der Waals surface area contributed by atoms with E-state index in [1.807, 2.05) is 5.38 Å². The molecule has 1 unspecified atom stereocenters. The molecule has 2 aromatic heterocycles. The van der Waals surface area contributed by atoms with Crippen LogP contribution in [0.15, 0.2) is 23.6 Å². The van der Waals surface area contributed by atoms with Crippen LogP contribution < -0.4 is 4.74 Å². The number of methoxy groups -OCH3 is 1. The van der Waals surface area contributed by atoms with Gasteiger partial charge in [-0.25, -0.2) is 0 Å². The molecule has 0 saturated carbocycles. The first-order chi connectivity index (χ1) is 7.72. The van der Waals surface area contributed by atoms with Crippen molar-refractivity contribution in [3.63, 3.8) is 0 Å². The number of nitrogens with zero attached hydrogens (tertiary/aromatic N) is 2. The maximum atomic E-state index is 10.0. The highest BCUT2D eigenvalue weighted by molar-refractivity contribution is 7.10. The van der Waals surface area contributed by atoms with Gasteiger partial charge in [-0.15, -0.1) is 21.5 Å². The third-order valence-corrected chi connectivity index (χ3v) is 3.45. The summed E-state index contributed by atoms with van der Waals surface area (Å²) in [6.07, 6.45) is -0.842. The molecule has 0 amide bonds. The minimum Gasteiger partial charge on any atom is -0.480 e. The fourth-order valence-electron chi connectivity index (χ4n) is 1.22. The average molecular weight is 257 g/mol. The fraction of sp³-hybridized carbons (Fsp3) is 0.200. The summed E-state index contributed by atoms with van der Waals surface area (Å²) in [4.78, 5) is 0.668. The highest BCUT2D eigenvalue weighted by atomic mass is 35.5. The van der Waals surface area contributed by atoms with Crippen molar-refractivity contribution in [2.45, 2.75) is 6.10 Å². The molecule has 0 spiro atoms. The van der Waals surface area contributed by atoms with E-state index in [9.17, 15) is 5.11 Å². The van der Waals surface area contributed by atoms with Crippen molar-refractivity contribution < 1.29 is 9.84 Å². The topological polar surface area (TPSA) is 55.2 Å². The Morgan fingerprint density at radius 1 is 1.38 bits per heavy atom. The van der Waals surface area contributed by atoms with Gasteiger partial charge in [-0.05, 0) is 17.5 Å². The van der Waals surface area contributed by atoms with Crippen LogP contribution in [0.1, 0.15) is 16.7 Å². The second-order valence-corrected chi connectivity index (χ2v) is 4.39. The Bertz CT molecular complexity index is 472. The zero-order valence-electron chi connectivity index (χ0n) is 8.42. The van der Waals surface area contributed by atoms with Crippen molar-refractivity contribution in [2.24, 2.45) is 0 Å². The summed E-state index contributed by atoms with van der Waals surface area (Å²) in [6.45, 7) is 0. The van der Waals surface area contributed by atoms with Gasteiger partial charge >= 0.3 is 0 Å². The number of aliphatic hydroxyl groups is 1. The van der Waals surface area contributed by atoms with Crippen LogP contribution >= 0.6 is 22.9 Å². The summed E-state index contributed by atoms with van der Waals surface area (Å²) >= 11 is 7.30. The van der Waals surface area contributed by atoms with Gasteiger partial charge < -0.3 is 9.84 Å². The minimum atomic E-state index is -0.842. The number of hydrogen-bond donors (Lipinski definition) is 1. The molecule has 1 N–H and O–H groups in total. The van der Waals surface area contributed by atoms with Gasteiger partial charge in [0.05, 0.1) is 22.7 Å². The molecule has 1 atom stereocenters. The van der Waals surface area contributed by atoms with Crippen molar-refractivity contribution in [1.29, 1.82) is 0 Å². The molecule has 0 saturated heterocycles. The Morgan fingerprint density at radius 2 is 2.19 bits per heavy atom. The fourth-order valence-corrected chi connectivity index (χ4v) is 2.38. The average Bonchev–Trinajstić information content (AvgIpc) is 2.75. The second-order valence-electron chi connectivity index (χ2n) is 3.04. The Labute approximate surface area is 101 Å². The maximum Gasteiger partial charge on any atom is 0.233 e. The van der Waals surface area contributed by atoms with E-state index in [4.69, 9.17) is 16.3 Å². The molecule has 0 aliphatic rings. The van der Waals surface area contributed by atoms with Crippen LogP contribution in [0.2, 0.25) is 5.02 Å². The number of aromatic nitrogens is 2. The van der Waals surface area contributed by atoms with Crippen LogP contribution in [0.5, 0.6) is 5.88 Å². The standard InChI is InChI=1S/C10H9ClN2O2S/c1-15-8-3-2-7(12-13-8)9(14)10-6(11)4-5-16-10/h2-5,9,14H,1H3. The van der Waals surface area contributed by atoms with E-state index in [-0.39, 0.29) is 0 Å². The molecule has 6 heteroatoms. The van der Waals surface area contributed by atoms with Gasteiger partial charge in [-0.2, -0.15) is 0 Å². The summed E-state index contributed by atoms with van der Waals surface area (Å²) in [5.41, 5.74) is 0.449. The molecule has 2 aromatic rings. The minimum absolute atomic E-state index is 0.410. The monoisotopic (exact) mass is 256 g/mol. The number of aliphatic hydroxyl groups excluding tert-OH is 1. The summed E-state index contributed by atoms with van der Waals surface area (Å²) in [7, 11) is 1.51. The third-order valence-electron chi connectivity index (χ3n) is 2.04. The lowest BCUT2D eigenvalue weighted by molar-refractivity contribution is 0.217. The van der Waals surface area contributed by atoms with Gasteiger partial charge in [0.15, 0.2) is 0 Å². The first kappa shape index (κ1) is 11.3. The van der Waals surface area contributed by atoms with Crippen molar-refractivity contribution in [3.8, 4) is 5.88 Å². The summed E-state index contributed by atoms with van der Waals surface area (Å²) in [6, 6.07) is 5.04. The molecule has 0 radical (unpaired) electrons. The second kappa shape index (κ2) is 4.78. The molecule has 0 aliphatic carbocycles. The SMILES string of the molecule is COc1ccc(C(O)c2sccc2Cl)nn1. The van der Waals surface area contributed by atoms with Gasteiger partial charge in [0.25, 0.3) is 0 Å². The normalized spacial score (nSPS) is 12.4. The van der Waals surface area contributed by atoms with Crippen LogP contribution in [-0.4, -0.2) is 22.4 Å². The summed E-state index contributed by atoms with van der Waals surface area (Å²) in [5, 5.41) is 20.0. The first-order valence-corrected chi connectivity index (χ1v) is 5.76. The molecule has 84 valence electrons. The first-order valence-electron chi connectivity index (χ1n) is 4.51. The third kappa shape index (κ3) is 2.16. The Morgan fingerprint density at radius 3 is 2.69 bits per heavy atom. The molecule has 0 fully saturated rings. The van der Waals surface area contributed by atoms with E-state index in [1.165, 1.54) is 18.4 Å². The lowest BCUT2D eigenvalue weighted by Crippen LogP contribution is -2.03. The number of thiophene rings is 1. The van der Waals surface area contributed by atoms with Crippen molar-refractivity contribution in [1.82, 2.24) is 10.2 Å². The zero-order valence-corrected chi connectivity index (χ0v) is 10.00. The van der Waals surface area contributed by atoms with E-state index in [0.717, 1.165) is 0 Å². The number of rotatable bonds is 3. The predicted octanol–water partition coefficient (Wildman–Crippen LogP) is 2.28. The highest BCUT2D eigenvalue weighted by Gasteiger charge is 2.17. The number of hydrogen-bond acceptors (Lipinski definition) is 5. The molecule has 0 aromatic carbocycles. The van der Waals surface area contributed by atoms with Gasteiger partial charge in [-0.1, -0.05) is 11.6 Å². The van der Waals surface area contributed by atoms with Gasteiger partial charge in [-0.3, -0.25) is 0 Å². The van der Waals surface area contributed by atoms with Gasteiger partial charge in [0, 0.05) is 6.07 Å². The van der Waals surface area contributed by atoms with Crippen molar-refractivity contribution in [3.05, 3.63) is 39.2 Å². The quantitative estimate of drug-likeness (QED) is 0.915. The zero-order chi connectivity index (χ0) is 11.5. The van der Waals surface area contributed by atoms with E-state index in [2.05, 4.69) is 10.2 Å². The Kier molecular flexibility index (Phi) is 3.38. The highest BCUT2D eigenvalue weighted by Crippen LogP contribution is 2.31. The van der Waals surface area contributed by atoms with Crippen LogP contribution in [0, 0.1) is 0 Å². The molecule has 0 bridgehead atoms. The molecule has 2 heterocycles. The lowest BCUT2D eigenvalue weighted by atomic mass is 10.2. The van der Waals surface area contributed by atoms with Gasteiger partial charge in [0.1, 0.15) is 6.10 Å². The molecular weight excluding hydrogens is 248 g/mol. The van der Waals surface area contributed by atoms with Crippen molar-refractivity contribution >= 4 is 22.9 Å². The van der Waals surface area contributed by atoms with Crippen LogP contribution in [-0.2, 0) is 0 Å². The summed E-state index contributed by atoms with van der Waals surface area (Å²) < 4.78 is 4.88. The Hall–Kier alpha value is -1.17. The summed E-state index contributed by atoms with van der Waals surface area (Å²) in [5.74, 6) is 0.410. The predicted molar refractivity (Wildman–Crippen MR) is 62.0 cm³/mol. The van der Waals surface area contributed by atoms with Crippen LogP contribution in [0.3, 0.4) is 0 Å². The van der Waals surface area contributed by atoms with Gasteiger partial charge in [0.2, 0.25) is 5.88 Å². The van der Waals surface area contributed by atoms with E-state index in [0.29, 0.717) is 21.5 Å². The van der Waals surface area contributed by atoms with E-state index >= 15 is 0 Å². The molecule has 4 nitrogen and oxygen atoms in total. The van der Waals surface area contributed by atoms with E-state index in [1.54, 1.807) is 18.2 Å². The van der Waals surface area contributed by atoms with Crippen molar-refractivity contribution in [2.75, 3.05) is 7.11 Å². The lowest BCUT2D eigenvalue weighted by Gasteiger charge is -2.08. The largest absolute Gasteiger partial charge is 0.480 e. The molecule has 2 rings (SSSR count). The van der Waals surface area contributed by atoms with E-state index < -0.39 is 6.10 Å². The molecular formula is C10H9ClN2O2S. The van der Waals surface area contributed by atoms with Crippen LogP contribution in [0.4, 0.5) is 0 Å². The number of ether oxygens (including phenoxy) is 1.